The van der Waals surface area contributed by atoms with Crippen molar-refractivity contribution < 1.29 is 14.3 Å². The van der Waals surface area contributed by atoms with Gasteiger partial charge in [-0.2, -0.15) is 0 Å². The summed E-state index contributed by atoms with van der Waals surface area (Å²) in [5.74, 6) is -1.06. The third-order valence-electron chi connectivity index (χ3n) is 2.57. The zero-order valence-electron chi connectivity index (χ0n) is 9.54. The highest BCUT2D eigenvalue weighted by atomic mass is 79.9. The Labute approximate surface area is 108 Å². The van der Waals surface area contributed by atoms with Gasteiger partial charge in [0.25, 0.3) is 0 Å². The molecule has 5 heteroatoms. The average Bonchev–Trinajstić information content (AvgIpc) is 2.24. The quantitative estimate of drug-likeness (QED) is 0.877. The number of aliphatic carboxylic acids is 1. The lowest BCUT2D eigenvalue weighted by Gasteiger charge is -2.20. The number of hydrogen-bond donors (Lipinski definition) is 2. The Balaban J connectivity index is 2.99. The maximum absolute atomic E-state index is 12.3. The summed E-state index contributed by atoms with van der Waals surface area (Å²) in [5, 5.41) is 8.97. The summed E-state index contributed by atoms with van der Waals surface area (Å²) < 4.78 is 13.1. The number of benzene rings is 1. The molecular formula is C12H15BrFNO2. The smallest absolute Gasteiger partial charge is 0.323 e. The Kier molecular flexibility index (Phi) is 4.65. The molecule has 1 atom stereocenters. The molecule has 17 heavy (non-hydrogen) atoms. The molecule has 94 valence electrons. The van der Waals surface area contributed by atoms with Crippen molar-refractivity contribution in [2.75, 3.05) is 6.67 Å². The van der Waals surface area contributed by atoms with E-state index in [0.717, 1.165) is 15.6 Å². The first-order chi connectivity index (χ1) is 7.88. The van der Waals surface area contributed by atoms with Crippen molar-refractivity contribution in [2.45, 2.75) is 25.3 Å². The summed E-state index contributed by atoms with van der Waals surface area (Å²) in [4.78, 5) is 10.9. The predicted molar refractivity (Wildman–Crippen MR) is 67.8 cm³/mol. The van der Waals surface area contributed by atoms with Crippen LogP contribution in [0.2, 0.25) is 0 Å². The normalized spacial score (nSPS) is 14.4. The van der Waals surface area contributed by atoms with E-state index in [1.165, 1.54) is 6.92 Å². The maximum atomic E-state index is 12.3. The van der Waals surface area contributed by atoms with Crippen molar-refractivity contribution in [1.29, 1.82) is 0 Å². The van der Waals surface area contributed by atoms with Crippen LogP contribution in [-0.2, 0) is 17.6 Å². The van der Waals surface area contributed by atoms with Crippen LogP contribution in [0.15, 0.2) is 22.7 Å². The molecule has 0 spiro atoms. The van der Waals surface area contributed by atoms with E-state index in [1.54, 1.807) is 12.1 Å². The zero-order valence-corrected chi connectivity index (χ0v) is 11.1. The lowest BCUT2D eigenvalue weighted by atomic mass is 9.93. The van der Waals surface area contributed by atoms with Crippen LogP contribution < -0.4 is 5.73 Å². The molecular weight excluding hydrogens is 289 g/mol. The average molecular weight is 304 g/mol. The molecule has 0 amide bonds. The first kappa shape index (κ1) is 14.1. The number of alkyl halides is 1. The third-order valence-corrected chi connectivity index (χ3v) is 3.59. The number of nitrogens with two attached hydrogens (primary N) is 1. The molecule has 0 aromatic heterocycles. The number of carbonyl (C=O) groups is 1. The molecule has 0 aliphatic carbocycles. The first-order valence-electron chi connectivity index (χ1n) is 5.23. The molecule has 0 aliphatic rings. The highest BCUT2D eigenvalue weighted by Crippen LogP contribution is 2.25. The number of carboxylic acids is 1. The van der Waals surface area contributed by atoms with Crippen LogP contribution in [-0.4, -0.2) is 23.3 Å². The number of aryl methyl sites for hydroxylation is 1. The minimum Gasteiger partial charge on any atom is -0.480 e. The molecule has 0 saturated carbocycles. The van der Waals surface area contributed by atoms with Crippen LogP contribution in [0.1, 0.15) is 18.1 Å². The van der Waals surface area contributed by atoms with Crippen LogP contribution in [0.5, 0.6) is 0 Å². The van der Waals surface area contributed by atoms with E-state index < -0.39 is 18.2 Å². The van der Waals surface area contributed by atoms with Gasteiger partial charge in [0.15, 0.2) is 0 Å². The molecule has 0 unspecified atom stereocenters. The van der Waals surface area contributed by atoms with E-state index in [9.17, 15) is 9.18 Å². The summed E-state index contributed by atoms with van der Waals surface area (Å²) in [6, 6.07) is 5.38. The Morgan fingerprint density at radius 1 is 1.53 bits per heavy atom. The summed E-state index contributed by atoms with van der Waals surface area (Å²) in [6.07, 6.45) is 0.506. The fourth-order valence-corrected chi connectivity index (χ4v) is 2.14. The van der Waals surface area contributed by atoms with Crippen LogP contribution in [0, 0.1) is 0 Å². The van der Waals surface area contributed by atoms with E-state index in [-0.39, 0.29) is 6.42 Å². The van der Waals surface area contributed by atoms with Gasteiger partial charge in [-0.3, -0.25) is 9.18 Å². The molecule has 1 aromatic rings. The molecule has 0 bridgehead atoms. The monoisotopic (exact) mass is 303 g/mol. The van der Waals surface area contributed by atoms with Crippen molar-refractivity contribution in [2.24, 2.45) is 5.73 Å². The topological polar surface area (TPSA) is 63.3 Å². The molecule has 3 nitrogen and oxygen atoms in total. The van der Waals surface area contributed by atoms with Gasteiger partial charge in [0.1, 0.15) is 5.54 Å². The first-order valence-corrected chi connectivity index (χ1v) is 6.02. The highest BCUT2D eigenvalue weighted by Gasteiger charge is 2.29. The second-order valence-electron chi connectivity index (χ2n) is 4.23. The number of hydrogen-bond acceptors (Lipinski definition) is 2. The van der Waals surface area contributed by atoms with Crippen molar-refractivity contribution in [3.63, 3.8) is 0 Å². The molecule has 1 aromatic carbocycles. The minimum absolute atomic E-state index is 0.197. The second-order valence-corrected chi connectivity index (χ2v) is 5.02. The molecule has 0 aliphatic heterocycles. The standard InChI is InChI=1S/C12H15BrFNO2/c1-12(15,11(16)17)7-9-4-2-3-8(5-6-14)10(9)13/h2-4H,5-7,15H2,1H3,(H,16,17)/t12-/m0/s1. The molecule has 0 saturated heterocycles. The SMILES string of the molecule is C[C@](N)(Cc1cccc(CCF)c1Br)C(=O)O. The van der Waals surface area contributed by atoms with E-state index in [2.05, 4.69) is 15.9 Å². The van der Waals surface area contributed by atoms with Crippen LogP contribution in [0.3, 0.4) is 0 Å². The summed E-state index contributed by atoms with van der Waals surface area (Å²) in [7, 11) is 0. The van der Waals surface area contributed by atoms with Gasteiger partial charge in [-0.05, 0) is 18.1 Å². The number of rotatable bonds is 5. The number of carboxylic acid groups (broad SMARTS) is 1. The van der Waals surface area contributed by atoms with Gasteiger partial charge in [0, 0.05) is 17.3 Å². The Morgan fingerprint density at radius 2 is 2.12 bits per heavy atom. The zero-order chi connectivity index (χ0) is 13.1. The lowest BCUT2D eigenvalue weighted by molar-refractivity contribution is -0.142. The Morgan fingerprint density at radius 3 is 2.65 bits per heavy atom. The summed E-state index contributed by atoms with van der Waals surface area (Å²) >= 11 is 3.37. The van der Waals surface area contributed by atoms with E-state index in [1.807, 2.05) is 6.07 Å². The Bertz CT molecular complexity index is 421. The van der Waals surface area contributed by atoms with Crippen molar-refractivity contribution in [3.05, 3.63) is 33.8 Å². The van der Waals surface area contributed by atoms with Crippen LogP contribution in [0.25, 0.3) is 0 Å². The van der Waals surface area contributed by atoms with E-state index in [0.29, 0.717) is 6.42 Å². The van der Waals surface area contributed by atoms with Gasteiger partial charge in [-0.1, -0.05) is 34.1 Å². The fourth-order valence-electron chi connectivity index (χ4n) is 1.54. The minimum atomic E-state index is -1.32. The van der Waals surface area contributed by atoms with E-state index in [4.69, 9.17) is 10.8 Å². The Hall–Kier alpha value is -0.940. The summed E-state index contributed by atoms with van der Waals surface area (Å²) in [5.41, 5.74) is 5.97. The van der Waals surface area contributed by atoms with Gasteiger partial charge in [0.2, 0.25) is 0 Å². The third kappa shape index (κ3) is 3.51. The predicted octanol–water partition coefficient (Wildman–Crippen LogP) is 2.31. The summed E-state index contributed by atoms with van der Waals surface area (Å²) in [6.45, 7) is 1.02. The van der Waals surface area contributed by atoms with Gasteiger partial charge in [-0.15, -0.1) is 0 Å². The number of halogens is 2. The van der Waals surface area contributed by atoms with Gasteiger partial charge >= 0.3 is 5.97 Å². The van der Waals surface area contributed by atoms with E-state index >= 15 is 0 Å². The molecule has 0 radical (unpaired) electrons. The van der Waals surface area contributed by atoms with Crippen LogP contribution >= 0.6 is 15.9 Å². The molecule has 0 fully saturated rings. The second kappa shape index (κ2) is 5.60. The van der Waals surface area contributed by atoms with Gasteiger partial charge in [-0.25, -0.2) is 0 Å². The molecule has 1 rings (SSSR count). The lowest BCUT2D eigenvalue weighted by Crippen LogP contribution is -2.46. The van der Waals surface area contributed by atoms with Crippen LogP contribution in [0.4, 0.5) is 4.39 Å². The fraction of sp³-hybridized carbons (Fsp3) is 0.417. The van der Waals surface area contributed by atoms with Crippen molar-refractivity contribution >= 4 is 21.9 Å². The largest absolute Gasteiger partial charge is 0.480 e. The highest BCUT2D eigenvalue weighted by molar-refractivity contribution is 9.10. The van der Waals surface area contributed by atoms with Crippen molar-refractivity contribution in [1.82, 2.24) is 0 Å². The maximum Gasteiger partial charge on any atom is 0.323 e. The van der Waals surface area contributed by atoms with Crippen molar-refractivity contribution in [3.8, 4) is 0 Å². The molecule has 0 heterocycles. The van der Waals surface area contributed by atoms with Gasteiger partial charge in [0.05, 0.1) is 6.67 Å². The molecule has 3 N–H and O–H groups in total. The van der Waals surface area contributed by atoms with Gasteiger partial charge < -0.3 is 10.8 Å².